The third-order valence-electron chi connectivity index (χ3n) is 9.67. The number of allylic oxidation sites excluding steroid dienone is 6. The summed E-state index contributed by atoms with van der Waals surface area (Å²) in [5, 5.41) is 13.8. The summed E-state index contributed by atoms with van der Waals surface area (Å²) in [5.41, 5.74) is 4.08. The Morgan fingerprint density at radius 1 is 1.00 bits per heavy atom. The second kappa shape index (κ2) is 20.9. The zero-order chi connectivity index (χ0) is 39.3. The molecule has 3 aliphatic heterocycles. The summed E-state index contributed by atoms with van der Waals surface area (Å²) >= 11 is 7.95. The largest absolute Gasteiger partial charge is 1.00 e. The van der Waals surface area contributed by atoms with Gasteiger partial charge in [0.15, 0.2) is 5.71 Å². The van der Waals surface area contributed by atoms with Crippen LogP contribution in [0.4, 0.5) is 11.4 Å². The van der Waals surface area contributed by atoms with Gasteiger partial charge in [0.1, 0.15) is 52.1 Å². The molecule has 19 heteroatoms. The first-order chi connectivity index (χ1) is 25.5. The minimum atomic E-state index is -4.72. The number of rotatable bonds is 16. The molecule has 0 atom stereocenters. The second-order valence-corrected chi connectivity index (χ2v) is 18.1. The standard InChI is InChI=1S/C37H45ClN2O11S3.2Na/c1-36(2)27-11-5-6-12-29(27)39(19-7-9-23-52-51-50-41)33(36)17-15-31-35(38)32(49-22-21-48-31)16-18-34-37(3,4)28-25-26(54(45,46)47)13-14-30(28)40(34)20-8-10-24-53(42,43)44;;/h6,11-18,25,41H,7-10,19-24H2,1-4H3,(H,42,43,44)(H,45,46,47);;/q;2*+1/p-2. The number of fused-ring (bicyclic) bond motifs is 2. The predicted octanol–water partition coefficient (Wildman–Crippen LogP) is -0.286. The third-order valence-corrected chi connectivity index (χ3v) is 12.3. The molecule has 5 rings (SSSR count). The summed E-state index contributed by atoms with van der Waals surface area (Å²) in [7, 11) is -8.87. The fraction of sp³-hybridized carbons (Fsp3) is 0.432. The minimum absolute atomic E-state index is 0. The van der Waals surface area contributed by atoms with Crippen LogP contribution in [0.2, 0.25) is 0 Å². The van der Waals surface area contributed by atoms with E-state index >= 15 is 0 Å². The Kier molecular flexibility index (Phi) is 18.3. The Morgan fingerprint density at radius 3 is 2.43 bits per heavy atom. The number of anilines is 1. The van der Waals surface area contributed by atoms with E-state index in [0.717, 1.165) is 47.5 Å². The topological polar surface area (TPSA) is 178 Å². The Balaban J connectivity index is 0.00000420. The summed E-state index contributed by atoms with van der Waals surface area (Å²) in [6, 6.07) is 13.3. The molecule has 0 radical (unpaired) electrons. The van der Waals surface area contributed by atoms with Gasteiger partial charge in [-0.05, 0) is 61.3 Å². The minimum Gasteiger partial charge on any atom is -0.744 e. The summed E-state index contributed by atoms with van der Waals surface area (Å²) in [4.78, 5) is 1.59. The van der Waals surface area contributed by atoms with Crippen molar-refractivity contribution < 1.29 is 114 Å². The quantitative estimate of drug-likeness (QED) is 0.0341. The first-order valence-electron chi connectivity index (χ1n) is 17.3. The molecule has 0 unspecified atom stereocenters. The molecule has 0 bridgehead atoms. The first kappa shape index (κ1) is 49.2. The maximum atomic E-state index is 11.9. The second-order valence-electron chi connectivity index (χ2n) is 14.0. The zero-order valence-corrected chi connectivity index (χ0v) is 39.6. The van der Waals surface area contributed by atoms with E-state index in [9.17, 15) is 31.2 Å². The van der Waals surface area contributed by atoms with Crippen molar-refractivity contribution in [3.05, 3.63) is 100 Å². The molecular weight excluding hydrogens is 826 g/mol. The number of hydrogen-bond acceptors (Lipinski definition) is 12. The molecule has 3 heterocycles. The molecular formula is C37H43ClN2Na2O11S3. The normalized spacial score (nSPS) is 19.0. The molecule has 13 nitrogen and oxygen atoms in total. The smallest absolute Gasteiger partial charge is 0.744 e. The summed E-state index contributed by atoms with van der Waals surface area (Å²) < 4.78 is 86.5. The average Bonchev–Trinajstić information content (AvgIpc) is 3.35. The van der Waals surface area contributed by atoms with Gasteiger partial charge in [-0.2, -0.15) is 31.0 Å². The van der Waals surface area contributed by atoms with Gasteiger partial charge in [-0.15, -0.1) is 6.07 Å². The third kappa shape index (κ3) is 11.8. The molecule has 1 N–H and O–H groups in total. The molecule has 3 aliphatic rings. The molecule has 294 valence electrons. The molecule has 0 aromatic heterocycles. The van der Waals surface area contributed by atoms with Gasteiger partial charge in [-0.1, -0.05) is 44.9 Å². The van der Waals surface area contributed by atoms with Crippen LogP contribution in [-0.4, -0.2) is 74.0 Å². The summed E-state index contributed by atoms with van der Waals surface area (Å²) in [6.07, 6.45) is 9.55. The predicted molar refractivity (Wildman–Crippen MR) is 202 cm³/mol. The number of hydrogen-bond donors (Lipinski definition) is 1. The van der Waals surface area contributed by atoms with Gasteiger partial charge in [-0.3, -0.25) is 9.59 Å². The van der Waals surface area contributed by atoms with Gasteiger partial charge in [0.2, 0.25) is 0 Å². The fourth-order valence-corrected chi connectivity index (χ4v) is 8.73. The van der Waals surface area contributed by atoms with Gasteiger partial charge >= 0.3 is 59.1 Å². The molecule has 0 saturated heterocycles. The van der Waals surface area contributed by atoms with Crippen molar-refractivity contribution in [3.63, 3.8) is 0 Å². The molecule has 0 fully saturated rings. The zero-order valence-electron chi connectivity index (χ0n) is 32.4. The van der Waals surface area contributed by atoms with Crippen molar-refractivity contribution in [3.8, 4) is 0 Å². The van der Waals surface area contributed by atoms with Crippen LogP contribution in [0.25, 0.3) is 0 Å². The Bertz CT molecular complexity index is 2120. The van der Waals surface area contributed by atoms with Crippen molar-refractivity contribution in [1.29, 1.82) is 0 Å². The van der Waals surface area contributed by atoms with E-state index in [2.05, 4.69) is 33.9 Å². The van der Waals surface area contributed by atoms with Gasteiger partial charge in [0.25, 0.3) is 10.1 Å². The number of halogens is 1. The van der Waals surface area contributed by atoms with Crippen molar-refractivity contribution in [2.24, 2.45) is 0 Å². The van der Waals surface area contributed by atoms with E-state index in [0.29, 0.717) is 48.0 Å². The van der Waals surface area contributed by atoms with Crippen LogP contribution in [-0.2, 0) is 49.9 Å². The molecule has 2 aromatic carbocycles. The molecule has 0 amide bonds. The number of unbranched alkanes of at least 4 members (excludes halogenated alkanes) is 2. The van der Waals surface area contributed by atoms with E-state index in [4.69, 9.17) is 21.1 Å². The van der Waals surface area contributed by atoms with E-state index in [-0.39, 0.29) is 94.1 Å². The number of nitrogens with zero attached hydrogens (tertiary/aromatic N) is 2. The number of ether oxygens (including phenoxy) is 2. The van der Waals surface area contributed by atoms with E-state index in [1.165, 1.54) is 12.1 Å². The molecule has 0 saturated carbocycles. The van der Waals surface area contributed by atoms with Crippen molar-refractivity contribution in [2.45, 2.75) is 69.1 Å². The maximum absolute atomic E-state index is 11.9. The van der Waals surface area contributed by atoms with Crippen LogP contribution in [0.5, 0.6) is 0 Å². The van der Waals surface area contributed by atoms with Crippen LogP contribution >= 0.6 is 23.6 Å². The monoisotopic (exact) mass is 868 g/mol. The van der Waals surface area contributed by atoms with Gasteiger partial charge in [0, 0.05) is 59.1 Å². The van der Waals surface area contributed by atoms with Gasteiger partial charge in [0.05, 0.1) is 10.6 Å². The van der Waals surface area contributed by atoms with Crippen molar-refractivity contribution in [2.75, 3.05) is 42.7 Å². The Labute approximate surface area is 383 Å². The van der Waals surface area contributed by atoms with Crippen LogP contribution in [0.15, 0.2) is 87.8 Å². The maximum Gasteiger partial charge on any atom is 1.00 e. The molecule has 56 heavy (non-hydrogen) atoms. The summed E-state index contributed by atoms with van der Waals surface area (Å²) in [6.45, 7) is 9.58. The van der Waals surface area contributed by atoms with Gasteiger partial charge in [-0.25, -0.2) is 13.0 Å². The molecule has 0 spiro atoms. The van der Waals surface area contributed by atoms with E-state index in [1.807, 2.05) is 55.2 Å². The van der Waals surface area contributed by atoms with Crippen LogP contribution in [0.1, 0.15) is 64.5 Å². The average molecular weight is 869 g/mol. The Morgan fingerprint density at radius 2 is 1.73 bits per heavy atom. The van der Waals surface area contributed by atoms with Crippen LogP contribution in [0, 0.1) is 6.07 Å². The van der Waals surface area contributed by atoms with Crippen molar-refractivity contribution in [1.82, 2.24) is 0 Å². The van der Waals surface area contributed by atoms with Crippen LogP contribution < -0.4 is 69.3 Å². The van der Waals surface area contributed by atoms with E-state index < -0.39 is 31.4 Å². The van der Waals surface area contributed by atoms with Crippen molar-refractivity contribution >= 4 is 61.0 Å². The summed E-state index contributed by atoms with van der Waals surface area (Å²) in [5.74, 6) is 0.941. The fourth-order valence-electron chi connectivity index (χ4n) is 7.00. The Hall–Kier alpha value is -1.19. The number of benzene rings is 2. The molecule has 2 aromatic rings. The first-order valence-corrected chi connectivity index (χ1v) is 21.6. The van der Waals surface area contributed by atoms with E-state index in [1.54, 1.807) is 12.1 Å². The van der Waals surface area contributed by atoms with Crippen LogP contribution in [0.3, 0.4) is 0 Å². The SMILES string of the molecule is CC1(C)C(/C=C/C2=C(Cl)C(=C/C=C3/N(CCCCS(=O)(=O)O)c4ccc(S(=O)(=O)[O-])cc4C3(C)C)/OCCO2)=[N+](CCCCSOO[O-])c2cc[c-]cc21.[Na+].[Na+]. The van der Waals surface area contributed by atoms with Gasteiger partial charge < -0.3 is 24.2 Å². The molecule has 0 aliphatic carbocycles.